The van der Waals surface area contributed by atoms with E-state index in [1.807, 2.05) is 20.8 Å². The molecular weight excluding hydrogens is 128 g/mol. The molecule has 1 aromatic rings. The van der Waals surface area contributed by atoms with Crippen molar-refractivity contribution in [3.8, 4) is 0 Å². The quantitative estimate of drug-likeness (QED) is 0.637. The van der Waals surface area contributed by atoms with Crippen molar-refractivity contribution in [1.82, 2.24) is 4.98 Å². The number of hydrogen-bond acceptors (Lipinski definition) is 3. The third-order valence-corrected chi connectivity index (χ3v) is 1.36. The van der Waals surface area contributed by atoms with E-state index in [2.05, 4.69) is 4.98 Å². The highest BCUT2D eigenvalue weighted by atomic mass is 16.3. The van der Waals surface area contributed by atoms with Crippen LogP contribution in [0.4, 0.5) is 0 Å². The fourth-order valence-corrected chi connectivity index (χ4v) is 0.925. The van der Waals surface area contributed by atoms with Gasteiger partial charge in [0.05, 0.1) is 5.54 Å². The molecule has 0 aromatic carbocycles. The Morgan fingerprint density at radius 1 is 1.60 bits per heavy atom. The molecule has 0 aliphatic heterocycles. The van der Waals surface area contributed by atoms with Crippen LogP contribution in [0.5, 0.6) is 0 Å². The van der Waals surface area contributed by atoms with Crippen molar-refractivity contribution in [2.24, 2.45) is 5.73 Å². The molecule has 0 atom stereocenters. The average Bonchev–Trinajstić information content (AvgIpc) is 2.11. The summed E-state index contributed by atoms with van der Waals surface area (Å²) in [5.74, 6) is 0.799. The maximum atomic E-state index is 5.78. The molecule has 1 aromatic heterocycles. The lowest BCUT2D eigenvalue weighted by atomic mass is 10.0. The van der Waals surface area contributed by atoms with Gasteiger partial charge in [-0.25, -0.2) is 4.98 Å². The molecule has 0 aliphatic carbocycles. The first-order valence-corrected chi connectivity index (χ1v) is 3.21. The molecule has 1 rings (SSSR count). The number of aryl methyl sites for hydroxylation is 1. The van der Waals surface area contributed by atoms with Crippen LogP contribution in [0.3, 0.4) is 0 Å². The van der Waals surface area contributed by atoms with Crippen LogP contribution in [-0.4, -0.2) is 4.98 Å². The Labute approximate surface area is 60.2 Å². The minimum Gasteiger partial charge on any atom is -0.448 e. The van der Waals surface area contributed by atoms with Gasteiger partial charge in [-0.05, 0) is 20.8 Å². The molecule has 3 heteroatoms. The van der Waals surface area contributed by atoms with Crippen LogP contribution in [0.2, 0.25) is 0 Å². The Kier molecular flexibility index (Phi) is 1.52. The summed E-state index contributed by atoms with van der Waals surface area (Å²) in [6.07, 6.45) is 1.42. The third kappa shape index (κ3) is 1.19. The van der Waals surface area contributed by atoms with Crippen LogP contribution in [0.15, 0.2) is 10.8 Å². The Morgan fingerprint density at radius 2 is 2.20 bits per heavy atom. The lowest BCUT2D eigenvalue weighted by Crippen LogP contribution is -2.29. The van der Waals surface area contributed by atoms with E-state index in [0.717, 1.165) is 11.5 Å². The van der Waals surface area contributed by atoms with Gasteiger partial charge >= 0.3 is 0 Å². The van der Waals surface area contributed by atoms with E-state index in [9.17, 15) is 0 Å². The molecule has 0 fully saturated rings. The third-order valence-electron chi connectivity index (χ3n) is 1.36. The van der Waals surface area contributed by atoms with E-state index in [1.165, 1.54) is 6.39 Å². The maximum Gasteiger partial charge on any atom is 0.181 e. The van der Waals surface area contributed by atoms with Crippen molar-refractivity contribution in [2.45, 2.75) is 26.3 Å². The number of nitrogens with zero attached hydrogens (tertiary/aromatic N) is 1. The van der Waals surface area contributed by atoms with Crippen LogP contribution in [0, 0.1) is 6.92 Å². The van der Waals surface area contributed by atoms with Gasteiger partial charge < -0.3 is 10.2 Å². The summed E-state index contributed by atoms with van der Waals surface area (Å²) in [4.78, 5) is 4.00. The van der Waals surface area contributed by atoms with E-state index >= 15 is 0 Å². The molecule has 0 amide bonds. The number of oxazole rings is 1. The average molecular weight is 140 g/mol. The molecule has 3 nitrogen and oxygen atoms in total. The molecule has 0 unspecified atom stereocenters. The summed E-state index contributed by atoms with van der Waals surface area (Å²) in [5.41, 5.74) is 6.21. The van der Waals surface area contributed by atoms with Crippen LogP contribution in [-0.2, 0) is 5.54 Å². The number of rotatable bonds is 1. The lowest BCUT2D eigenvalue weighted by molar-refractivity contribution is 0.495. The monoisotopic (exact) mass is 140 g/mol. The van der Waals surface area contributed by atoms with E-state index in [1.54, 1.807) is 0 Å². The van der Waals surface area contributed by atoms with E-state index in [-0.39, 0.29) is 0 Å². The predicted octanol–water partition coefficient (Wildman–Crippen LogP) is 1.18. The van der Waals surface area contributed by atoms with Gasteiger partial charge in [0, 0.05) is 0 Å². The molecule has 0 bridgehead atoms. The Hall–Kier alpha value is -0.830. The van der Waals surface area contributed by atoms with Gasteiger partial charge in [0.2, 0.25) is 0 Å². The molecule has 1 heterocycles. The second kappa shape index (κ2) is 2.09. The molecule has 10 heavy (non-hydrogen) atoms. The fourth-order valence-electron chi connectivity index (χ4n) is 0.925. The van der Waals surface area contributed by atoms with E-state index in [0.29, 0.717) is 0 Å². The van der Waals surface area contributed by atoms with Gasteiger partial charge in [-0.1, -0.05) is 0 Å². The second-order valence-electron chi connectivity index (χ2n) is 2.98. The summed E-state index contributed by atoms with van der Waals surface area (Å²) in [6.45, 7) is 5.66. The maximum absolute atomic E-state index is 5.78. The van der Waals surface area contributed by atoms with Gasteiger partial charge in [0.1, 0.15) is 11.5 Å². The van der Waals surface area contributed by atoms with Crippen molar-refractivity contribution in [3.05, 3.63) is 17.8 Å². The molecular formula is C7H12N2O. The molecule has 0 radical (unpaired) electrons. The first kappa shape index (κ1) is 7.28. The molecule has 56 valence electrons. The summed E-state index contributed by atoms with van der Waals surface area (Å²) < 4.78 is 5.00. The normalized spacial score (nSPS) is 12.0. The molecule has 2 N–H and O–H groups in total. The van der Waals surface area contributed by atoms with Crippen molar-refractivity contribution in [2.75, 3.05) is 0 Å². The highest BCUT2D eigenvalue weighted by molar-refractivity contribution is 5.14. The molecule has 0 spiro atoms. The van der Waals surface area contributed by atoms with Crippen molar-refractivity contribution >= 4 is 0 Å². The lowest BCUT2D eigenvalue weighted by Gasteiger charge is -2.14. The smallest absolute Gasteiger partial charge is 0.181 e. The van der Waals surface area contributed by atoms with Gasteiger partial charge in [-0.2, -0.15) is 0 Å². The molecule has 0 saturated carbocycles. The predicted molar refractivity (Wildman–Crippen MR) is 38.5 cm³/mol. The number of nitrogens with two attached hydrogens (primary N) is 1. The highest BCUT2D eigenvalue weighted by Crippen LogP contribution is 2.17. The topological polar surface area (TPSA) is 52.0 Å². The SMILES string of the molecule is Cc1ocnc1C(C)(C)N. The largest absolute Gasteiger partial charge is 0.448 e. The zero-order valence-electron chi connectivity index (χ0n) is 6.51. The second-order valence-corrected chi connectivity index (χ2v) is 2.98. The molecule has 0 aliphatic rings. The van der Waals surface area contributed by atoms with Crippen molar-refractivity contribution in [3.63, 3.8) is 0 Å². The summed E-state index contributed by atoms with van der Waals surface area (Å²) in [7, 11) is 0. The van der Waals surface area contributed by atoms with Gasteiger partial charge in [-0.15, -0.1) is 0 Å². The summed E-state index contributed by atoms with van der Waals surface area (Å²) in [5, 5.41) is 0. The standard InChI is InChI=1S/C7H12N2O/c1-5-6(7(2,3)8)9-4-10-5/h4H,8H2,1-3H3. The Morgan fingerprint density at radius 3 is 2.40 bits per heavy atom. The van der Waals surface area contributed by atoms with E-state index < -0.39 is 5.54 Å². The van der Waals surface area contributed by atoms with Gasteiger partial charge in [0.15, 0.2) is 6.39 Å². The number of hydrogen-bond donors (Lipinski definition) is 1. The minimum absolute atomic E-state index is 0.392. The van der Waals surface area contributed by atoms with Crippen molar-refractivity contribution in [1.29, 1.82) is 0 Å². The van der Waals surface area contributed by atoms with Gasteiger partial charge in [0.25, 0.3) is 0 Å². The number of aromatic nitrogens is 1. The fraction of sp³-hybridized carbons (Fsp3) is 0.571. The minimum atomic E-state index is -0.392. The summed E-state index contributed by atoms with van der Waals surface area (Å²) >= 11 is 0. The first-order valence-electron chi connectivity index (χ1n) is 3.21. The van der Waals surface area contributed by atoms with Crippen LogP contribution in [0.25, 0.3) is 0 Å². The molecule has 0 saturated heterocycles. The highest BCUT2D eigenvalue weighted by Gasteiger charge is 2.19. The van der Waals surface area contributed by atoms with Crippen LogP contribution < -0.4 is 5.73 Å². The summed E-state index contributed by atoms with van der Waals surface area (Å²) in [6, 6.07) is 0. The van der Waals surface area contributed by atoms with Gasteiger partial charge in [-0.3, -0.25) is 0 Å². The zero-order chi connectivity index (χ0) is 7.78. The zero-order valence-corrected chi connectivity index (χ0v) is 6.51. The first-order chi connectivity index (χ1) is 4.52. The Bertz CT molecular complexity index is 222. The van der Waals surface area contributed by atoms with Crippen molar-refractivity contribution < 1.29 is 4.42 Å². The Balaban J connectivity index is 3.05. The van der Waals surface area contributed by atoms with Crippen LogP contribution >= 0.6 is 0 Å². The van der Waals surface area contributed by atoms with E-state index in [4.69, 9.17) is 10.2 Å². The van der Waals surface area contributed by atoms with Crippen LogP contribution in [0.1, 0.15) is 25.3 Å².